The van der Waals surface area contributed by atoms with E-state index in [1.54, 1.807) is 0 Å². The molecule has 0 fully saturated rings. The van der Waals surface area contributed by atoms with Crippen LogP contribution >= 0.6 is 0 Å². The van der Waals surface area contributed by atoms with E-state index in [9.17, 15) is 14.9 Å². The van der Waals surface area contributed by atoms with Gasteiger partial charge < -0.3 is 14.6 Å². The maximum atomic E-state index is 10.9. The first-order chi connectivity index (χ1) is 8.49. The fourth-order valence-electron chi connectivity index (χ4n) is 1.34. The molecule has 0 aliphatic heterocycles. The Hall–Kier alpha value is -2.57. The average molecular weight is 253 g/mol. The van der Waals surface area contributed by atoms with Crippen molar-refractivity contribution >= 4 is 17.7 Å². The number of nitro benzene ring substituents is 1. The standard InChI is InChI=1S/C11H11NO6/c1-17-9-5-7(3-4-11(13)14)8(12(15)16)6-10(9)18-2/h3-6H,1-2H3,(H,13,14)/b4-3+. The van der Waals surface area contributed by atoms with Gasteiger partial charge in [0.15, 0.2) is 11.5 Å². The lowest BCUT2D eigenvalue weighted by atomic mass is 10.1. The third kappa shape index (κ3) is 2.97. The predicted octanol–water partition coefficient (Wildman–Crippen LogP) is 1.71. The first-order valence-electron chi connectivity index (χ1n) is 4.81. The fraction of sp³-hybridized carbons (Fsp3) is 0.182. The van der Waals surface area contributed by atoms with Crippen molar-refractivity contribution in [3.05, 3.63) is 33.9 Å². The number of hydrogen-bond acceptors (Lipinski definition) is 5. The predicted molar refractivity (Wildman–Crippen MR) is 62.9 cm³/mol. The molecule has 0 amide bonds. The summed E-state index contributed by atoms with van der Waals surface area (Å²) in [5.41, 5.74) is -0.134. The van der Waals surface area contributed by atoms with Crippen LogP contribution in [0.15, 0.2) is 18.2 Å². The minimum atomic E-state index is -1.20. The van der Waals surface area contributed by atoms with Crippen LogP contribution in [0.2, 0.25) is 0 Å². The van der Waals surface area contributed by atoms with Crippen molar-refractivity contribution in [1.82, 2.24) is 0 Å². The van der Waals surface area contributed by atoms with Gasteiger partial charge in [-0.3, -0.25) is 10.1 Å². The van der Waals surface area contributed by atoms with Crippen molar-refractivity contribution in [2.45, 2.75) is 0 Å². The zero-order valence-corrected chi connectivity index (χ0v) is 9.75. The molecule has 0 heterocycles. The van der Waals surface area contributed by atoms with Crippen LogP contribution in [0.3, 0.4) is 0 Å². The summed E-state index contributed by atoms with van der Waals surface area (Å²) in [6, 6.07) is 2.52. The molecular weight excluding hydrogens is 242 g/mol. The maximum Gasteiger partial charge on any atom is 0.328 e. The molecule has 0 aromatic heterocycles. The number of carboxylic acids is 1. The smallest absolute Gasteiger partial charge is 0.328 e. The van der Waals surface area contributed by atoms with E-state index in [0.29, 0.717) is 0 Å². The largest absolute Gasteiger partial charge is 0.493 e. The van der Waals surface area contributed by atoms with Gasteiger partial charge in [0, 0.05) is 6.08 Å². The Morgan fingerprint density at radius 2 is 1.89 bits per heavy atom. The summed E-state index contributed by atoms with van der Waals surface area (Å²) in [5, 5.41) is 19.4. The molecule has 0 bridgehead atoms. The number of benzene rings is 1. The molecule has 0 spiro atoms. The highest BCUT2D eigenvalue weighted by atomic mass is 16.6. The fourth-order valence-corrected chi connectivity index (χ4v) is 1.34. The third-order valence-corrected chi connectivity index (χ3v) is 2.14. The van der Waals surface area contributed by atoms with E-state index in [2.05, 4.69) is 0 Å². The van der Waals surface area contributed by atoms with Crippen LogP contribution in [-0.2, 0) is 4.79 Å². The Bertz CT molecular complexity index is 509. The molecule has 0 saturated heterocycles. The van der Waals surface area contributed by atoms with Gasteiger partial charge in [0.2, 0.25) is 0 Å². The van der Waals surface area contributed by atoms with E-state index in [-0.39, 0.29) is 22.7 Å². The van der Waals surface area contributed by atoms with Gasteiger partial charge in [0.25, 0.3) is 5.69 Å². The summed E-state index contributed by atoms with van der Waals surface area (Å²) < 4.78 is 9.93. The first-order valence-corrected chi connectivity index (χ1v) is 4.81. The molecule has 0 radical (unpaired) electrons. The summed E-state index contributed by atoms with van der Waals surface area (Å²) >= 11 is 0. The number of methoxy groups -OCH3 is 2. The van der Waals surface area contributed by atoms with Crippen LogP contribution in [0.4, 0.5) is 5.69 Å². The zero-order chi connectivity index (χ0) is 13.7. The summed E-state index contributed by atoms with van der Waals surface area (Å²) in [5.74, 6) is -0.705. The molecule has 18 heavy (non-hydrogen) atoms. The molecule has 1 aromatic carbocycles. The molecule has 1 N–H and O–H groups in total. The molecule has 1 rings (SSSR count). The Kier molecular flexibility index (Phi) is 4.25. The monoisotopic (exact) mass is 253 g/mol. The minimum absolute atomic E-state index is 0.125. The molecule has 96 valence electrons. The number of ether oxygens (including phenoxy) is 2. The quantitative estimate of drug-likeness (QED) is 0.487. The van der Waals surface area contributed by atoms with Gasteiger partial charge in [-0.25, -0.2) is 4.79 Å². The van der Waals surface area contributed by atoms with E-state index in [1.807, 2.05) is 0 Å². The van der Waals surface area contributed by atoms with Crippen molar-refractivity contribution in [2.24, 2.45) is 0 Å². The van der Waals surface area contributed by atoms with E-state index >= 15 is 0 Å². The van der Waals surface area contributed by atoms with Gasteiger partial charge in [-0.15, -0.1) is 0 Å². The van der Waals surface area contributed by atoms with Crippen LogP contribution in [0.1, 0.15) is 5.56 Å². The summed E-state index contributed by atoms with van der Waals surface area (Å²) in [4.78, 5) is 20.7. The highest BCUT2D eigenvalue weighted by Gasteiger charge is 2.17. The summed E-state index contributed by atoms with van der Waals surface area (Å²) in [6.45, 7) is 0. The molecule has 1 aromatic rings. The molecule has 0 aliphatic rings. The molecule has 0 unspecified atom stereocenters. The Labute approximate surface area is 102 Å². The molecule has 7 heteroatoms. The van der Waals surface area contributed by atoms with Gasteiger partial charge >= 0.3 is 5.97 Å². The minimum Gasteiger partial charge on any atom is -0.493 e. The number of nitrogens with zero attached hydrogens (tertiary/aromatic N) is 1. The highest BCUT2D eigenvalue weighted by Crippen LogP contribution is 2.34. The van der Waals surface area contributed by atoms with Crippen LogP contribution in [-0.4, -0.2) is 30.2 Å². The SMILES string of the molecule is COc1cc(/C=C/C(=O)O)c([N+](=O)[O-])cc1OC. The normalized spacial score (nSPS) is 10.3. The van der Waals surface area contributed by atoms with Gasteiger partial charge in [0.1, 0.15) is 0 Å². The molecule has 7 nitrogen and oxygen atoms in total. The van der Waals surface area contributed by atoms with E-state index in [4.69, 9.17) is 14.6 Å². The lowest BCUT2D eigenvalue weighted by Crippen LogP contribution is -1.97. The molecule has 0 atom stereocenters. The summed E-state index contributed by atoms with van der Waals surface area (Å²) in [6.07, 6.45) is 1.94. The van der Waals surface area contributed by atoms with Crippen molar-refractivity contribution in [1.29, 1.82) is 0 Å². The second kappa shape index (κ2) is 5.67. The van der Waals surface area contributed by atoms with Crippen LogP contribution in [0.25, 0.3) is 6.08 Å². The van der Waals surface area contributed by atoms with E-state index in [0.717, 1.165) is 12.2 Å². The zero-order valence-electron chi connectivity index (χ0n) is 9.75. The number of carboxylic acid groups (broad SMARTS) is 1. The molecule has 0 aliphatic carbocycles. The van der Waals surface area contributed by atoms with Crippen molar-refractivity contribution < 1.29 is 24.3 Å². The first kappa shape index (κ1) is 13.5. The average Bonchev–Trinajstić information content (AvgIpc) is 2.34. The van der Waals surface area contributed by atoms with Gasteiger partial charge in [-0.2, -0.15) is 0 Å². The van der Waals surface area contributed by atoms with Crippen molar-refractivity contribution in [3.63, 3.8) is 0 Å². The second-order valence-corrected chi connectivity index (χ2v) is 3.19. The lowest BCUT2D eigenvalue weighted by molar-refractivity contribution is -0.385. The van der Waals surface area contributed by atoms with Crippen molar-refractivity contribution in [3.8, 4) is 11.5 Å². The topological polar surface area (TPSA) is 98.9 Å². The number of carbonyl (C=O) groups is 1. The molecular formula is C11H11NO6. The van der Waals surface area contributed by atoms with E-state index in [1.165, 1.54) is 26.4 Å². The number of hydrogen-bond donors (Lipinski definition) is 1. The Balaban J connectivity index is 3.37. The maximum absolute atomic E-state index is 10.9. The van der Waals surface area contributed by atoms with Gasteiger partial charge in [-0.1, -0.05) is 0 Å². The number of rotatable bonds is 5. The Morgan fingerprint density at radius 1 is 1.33 bits per heavy atom. The van der Waals surface area contributed by atoms with Crippen LogP contribution in [0.5, 0.6) is 11.5 Å². The third-order valence-electron chi connectivity index (χ3n) is 2.14. The van der Waals surface area contributed by atoms with Crippen molar-refractivity contribution in [2.75, 3.05) is 14.2 Å². The summed E-state index contributed by atoms with van der Waals surface area (Å²) in [7, 11) is 2.74. The number of nitro groups is 1. The highest BCUT2D eigenvalue weighted by molar-refractivity contribution is 5.86. The van der Waals surface area contributed by atoms with Crippen LogP contribution in [0, 0.1) is 10.1 Å². The van der Waals surface area contributed by atoms with Crippen LogP contribution < -0.4 is 9.47 Å². The number of aliphatic carboxylic acids is 1. The lowest BCUT2D eigenvalue weighted by Gasteiger charge is -2.08. The van der Waals surface area contributed by atoms with E-state index < -0.39 is 10.9 Å². The molecule has 0 saturated carbocycles. The van der Waals surface area contributed by atoms with Gasteiger partial charge in [0.05, 0.1) is 30.8 Å². The Morgan fingerprint density at radius 3 is 2.33 bits per heavy atom. The second-order valence-electron chi connectivity index (χ2n) is 3.19. The van der Waals surface area contributed by atoms with Gasteiger partial charge in [-0.05, 0) is 12.1 Å².